The summed E-state index contributed by atoms with van der Waals surface area (Å²) in [5.74, 6) is 0.0483. The maximum absolute atomic E-state index is 14.9. The summed E-state index contributed by atoms with van der Waals surface area (Å²) in [7, 11) is -3.82. The van der Waals surface area contributed by atoms with Crippen LogP contribution in [0.3, 0.4) is 0 Å². The Balaban J connectivity index is 1.71. The molecule has 0 fully saturated rings. The van der Waals surface area contributed by atoms with Gasteiger partial charge in [-0.2, -0.15) is 0 Å². The van der Waals surface area contributed by atoms with E-state index in [1.807, 2.05) is 115 Å². The molecular formula is C25H20BO3P. The summed E-state index contributed by atoms with van der Waals surface area (Å²) < 4.78 is 27.6. The third kappa shape index (κ3) is 3.29. The van der Waals surface area contributed by atoms with Crippen molar-refractivity contribution in [2.75, 3.05) is 0 Å². The molecule has 30 heavy (non-hydrogen) atoms. The van der Waals surface area contributed by atoms with Gasteiger partial charge in [-0.25, -0.2) is 0 Å². The van der Waals surface area contributed by atoms with Crippen LogP contribution in [0.4, 0.5) is 0 Å². The molecule has 0 saturated heterocycles. The van der Waals surface area contributed by atoms with Gasteiger partial charge >= 0.3 is 7.12 Å². The van der Waals surface area contributed by atoms with Crippen molar-refractivity contribution in [3.8, 4) is 5.75 Å². The molecule has 3 nitrogen and oxygen atoms in total. The van der Waals surface area contributed by atoms with Gasteiger partial charge in [0.2, 0.25) is 0 Å². The van der Waals surface area contributed by atoms with E-state index in [4.69, 9.17) is 9.31 Å². The highest BCUT2D eigenvalue weighted by Crippen LogP contribution is 2.60. The van der Waals surface area contributed by atoms with Crippen LogP contribution in [0.2, 0.25) is 0 Å². The monoisotopic (exact) mass is 410 g/mol. The highest BCUT2D eigenvalue weighted by Gasteiger charge is 2.46. The minimum Gasteiger partial charge on any atom is -0.532 e. The van der Waals surface area contributed by atoms with Gasteiger partial charge in [0.15, 0.2) is 7.14 Å². The first kappa shape index (κ1) is 18.9. The second-order valence-electron chi connectivity index (χ2n) is 7.22. The maximum atomic E-state index is 14.9. The second kappa shape index (κ2) is 7.99. The fourth-order valence-electron chi connectivity index (χ4n) is 3.88. The van der Waals surface area contributed by atoms with Crippen molar-refractivity contribution in [3.05, 3.63) is 121 Å². The van der Waals surface area contributed by atoms with E-state index in [0.29, 0.717) is 5.75 Å². The molecule has 0 amide bonds. The Labute approximate surface area is 176 Å². The molecule has 1 heterocycles. The van der Waals surface area contributed by atoms with Crippen LogP contribution >= 0.6 is 7.14 Å². The Morgan fingerprint density at radius 3 is 1.73 bits per heavy atom. The van der Waals surface area contributed by atoms with Crippen LogP contribution in [-0.2, 0) is 9.22 Å². The van der Waals surface area contributed by atoms with Crippen LogP contribution in [0.25, 0.3) is 0 Å². The van der Waals surface area contributed by atoms with Gasteiger partial charge in [0.25, 0.3) is 0 Å². The standard InChI is InChI=1S/C25H20BO3P/c27-30(21-14-6-2-7-15-21,22-16-8-3-9-17-22)25-23-18-10-11-19-24(23)28-26(29-25)20-12-4-1-5-13-20/h1-19,25H. The Morgan fingerprint density at radius 2 is 1.13 bits per heavy atom. The molecule has 1 unspecified atom stereocenters. The average Bonchev–Trinajstić information content (AvgIpc) is 2.84. The van der Waals surface area contributed by atoms with Crippen molar-refractivity contribution >= 4 is 30.3 Å². The summed E-state index contributed by atoms with van der Waals surface area (Å²) in [5, 5.41) is 1.54. The molecule has 0 bridgehead atoms. The van der Waals surface area contributed by atoms with Gasteiger partial charge in [-0.15, -0.1) is 0 Å². The van der Waals surface area contributed by atoms with Crippen LogP contribution in [0.5, 0.6) is 5.75 Å². The van der Waals surface area contributed by atoms with Crippen LogP contribution in [-0.4, -0.2) is 7.12 Å². The van der Waals surface area contributed by atoms with Crippen molar-refractivity contribution in [2.45, 2.75) is 5.85 Å². The molecule has 4 aromatic rings. The van der Waals surface area contributed by atoms with Crippen molar-refractivity contribution in [3.63, 3.8) is 0 Å². The van der Waals surface area contributed by atoms with E-state index in [0.717, 1.165) is 21.6 Å². The summed E-state index contributed by atoms with van der Waals surface area (Å²) in [5.41, 5.74) is 1.70. The van der Waals surface area contributed by atoms with Gasteiger partial charge in [0, 0.05) is 16.2 Å². The first-order valence-corrected chi connectivity index (χ1v) is 11.7. The fourth-order valence-corrected chi connectivity index (χ4v) is 6.84. The van der Waals surface area contributed by atoms with E-state index >= 15 is 0 Å². The van der Waals surface area contributed by atoms with Gasteiger partial charge in [-0.3, -0.25) is 0 Å². The highest BCUT2D eigenvalue weighted by atomic mass is 31.2. The maximum Gasteiger partial charge on any atom is 0.563 e. The zero-order valence-electron chi connectivity index (χ0n) is 16.3. The Bertz CT molecular complexity index is 1140. The van der Waals surface area contributed by atoms with Crippen molar-refractivity contribution in [1.82, 2.24) is 0 Å². The normalized spacial score (nSPS) is 15.9. The lowest BCUT2D eigenvalue weighted by molar-refractivity contribution is 0.220. The van der Waals surface area contributed by atoms with E-state index in [1.54, 1.807) is 0 Å². The Morgan fingerprint density at radius 1 is 0.633 bits per heavy atom. The van der Waals surface area contributed by atoms with Crippen molar-refractivity contribution < 1.29 is 13.9 Å². The van der Waals surface area contributed by atoms with Crippen LogP contribution in [0.15, 0.2) is 115 Å². The molecule has 146 valence electrons. The molecule has 5 heteroatoms. The number of fused-ring (bicyclic) bond motifs is 1. The fraction of sp³-hybridized carbons (Fsp3) is 0.0400. The first-order valence-electron chi connectivity index (χ1n) is 9.94. The molecule has 1 aliphatic rings. The molecule has 5 rings (SSSR count). The van der Waals surface area contributed by atoms with E-state index in [2.05, 4.69) is 0 Å². The molecule has 0 spiro atoms. The summed E-state index contributed by atoms with van der Waals surface area (Å²) >= 11 is 0. The van der Waals surface area contributed by atoms with Crippen LogP contribution < -0.4 is 20.7 Å². The third-order valence-corrected chi connectivity index (χ3v) is 8.54. The quantitative estimate of drug-likeness (QED) is 0.367. The lowest BCUT2D eigenvalue weighted by Crippen LogP contribution is -2.44. The molecule has 4 aromatic carbocycles. The third-order valence-electron chi connectivity index (χ3n) is 5.35. The number of hydrogen-bond donors (Lipinski definition) is 0. The minimum absolute atomic E-state index is 0.633. The topological polar surface area (TPSA) is 35.5 Å². The molecule has 0 aromatic heterocycles. The van der Waals surface area contributed by atoms with Crippen molar-refractivity contribution in [2.24, 2.45) is 0 Å². The summed E-state index contributed by atoms with van der Waals surface area (Å²) in [6, 6.07) is 36.8. The molecular weight excluding hydrogens is 390 g/mol. The molecule has 0 aliphatic carbocycles. The zero-order valence-corrected chi connectivity index (χ0v) is 17.2. The van der Waals surface area contributed by atoms with Gasteiger partial charge in [0.1, 0.15) is 11.6 Å². The summed E-state index contributed by atoms with van der Waals surface area (Å²) in [4.78, 5) is 0. The lowest BCUT2D eigenvalue weighted by Gasteiger charge is -2.36. The smallest absolute Gasteiger partial charge is 0.532 e. The van der Waals surface area contributed by atoms with E-state index in [-0.39, 0.29) is 0 Å². The van der Waals surface area contributed by atoms with Gasteiger partial charge in [-0.05, 0) is 11.5 Å². The second-order valence-corrected chi connectivity index (χ2v) is 10.0. The molecule has 0 radical (unpaired) electrons. The highest BCUT2D eigenvalue weighted by molar-refractivity contribution is 7.78. The summed E-state index contributed by atoms with van der Waals surface area (Å²) in [6.07, 6.45) is 0. The zero-order chi connectivity index (χ0) is 20.4. The number of rotatable bonds is 4. The van der Waals surface area contributed by atoms with E-state index in [9.17, 15) is 4.57 Å². The lowest BCUT2D eigenvalue weighted by atomic mass is 9.78. The Hall–Kier alpha value is -3.07. The SMILES string of the molecule is O=P(c1ccccc1)(c1ccccc1)C1OB(c2ccccc2)Oc2ccccc21. The van der Waals surface area contributed by atoms with Gasteiger partial charge in [-0.1, -0.05) is 109 Å². The molecule has 1 aliphatic heterocycles. The first-order chi connectivity index (χ1) is 14.8. The Kier molecular flexibility index (Phi) is 5.04. The minimum atomic E-state index is -3.19. The van der Waals surface area contributed by atoms with E-state index in [1.165, 1.54) is 0 Å². The van der Waals surface area contributed by atoms with Crippen LogP contribution in [0.1, 0.15) is 11.4 Å². The largest absolute Gasteiger partial charge is 0.563 e. The molecule has 0 N–H and O–H groups in total. The number of benzene rings is 4. The summed E-state index contributed by atoms with van der Waals surface area (Å²) in [6.45, 7) is 0. The average molecular weight is 410 g/mol. The van der Waals surface area contributed by atoms with Gasteiger partial charge < -0.3 is 13.9 Å². The predicted molar refractivity (Wildman–Crippen MR) is 122 cm³/mol. The number of hydrogen-bond acceptors (Lipinski definition) is 3. The van der Waals surface area contributed by atoms with Gasteiger partial charge in [0.05, 0.1) is 0 Å². The number of para-hydroxylation sites is 1. The molecule has 0 saturated carbocycles. The van der Waals surface area contributed by atoms with Crippen LogP contribution in [0, 0.1) is 0 Å². The van der Waals surface area contributed by atoms with Crippen molar-refractivity contribution in [1.29, 1.82) is 0 Å². The predicted octanol–water partition coefficient (Wildman–Crippen LogP) is 4.50. The molecule has 1 atom stereocenters. The van der Waals surface area contributed by atoms with E-state index < -0.39 is 20.1 Å².